The van der Waals surface area contributed by atoms with Gasteiger partial charge in [0.25, 0.3) is 0 Å². The van der Waals surface area contributed by atoms with Crippen LogP contribution >= 0.6 is 0 Å². The molecule has 0 amide bonds. The van der Waals surface area contributed by atoms with Crippen LogP contribution in [-0.4, -0.2) is 18.1 Å². The molecule has 1 heterocycles. The summed E-state index contributed by atoms with van der Waals surface area (Å²) in [5.41, 5.74) is 1.82. The van der Waals surface area contributed by atoms with Gasteiger partial charge in [-0.15, -0.1) is 0 Å². The second-order valence-electron chi connectivity index (χ2n) is 5.28. The average molecular weight is 246 g/mol. The highest BCUT2D eigenvalue weighted by Gasteiger charge is 2.21. The van der Waals surface area contributed by atoms with Crippen molar-refractivity contribution in [2.45, 2.75) is 33.2 Å². The van der Waals surface area contributed by atoms with E-state index in [4.69, 9.17) is 4.42 Å². The Morgan fingerprint density at radius 2 is 1.94 bits per heavy atom. The molecule has 0 radical (unpaired) electrons. The molecule has 3 nitrogen and oxygen atoms in total. The Balaban J connectivity index is 2.16. The van der Waals surface area contributed by atoms with Crippen LogP contribution in [0.15, 0.2) is 28.7 Å². The fourth-order valence-electron chi connectivity index (χ4n) is 2.21. The van der Waals surface area contributed by atoms with Crippen molar-refractivity contribution in [1.82, 2.24) is 10.3 Å². The van der Waals surface area contributed by atoms with Gasteiger partial charge in [-0.05, 0) is 31.0 Å². The van der Waals surface area contributed by atoms with Gasteiger partial charge in [0, 0.05) is 12.5 Å². The van der Waals surface area contributed by atoms with E-state index in [1.54, 1.807) is 0 Å². The predicted molar refractivity (Wildman–Crippen MR) is 74.6 cm³/mol. The van der Waals surface area contributed by atoms with Crippen LogP contribution < -0.4 is 5.32 Å². The number of para-hydroxylation sites is 2. The maximum atomic E-state index is 5.78. The minimum absolute atomic E-state index is 0.401. The standard InChI is InChI=1S/C15H22N2O/c1-10(2)11(3)13(16-4)9-15-17-12-7-5-6-8-14(12)18-15/h5-8,10-11,13,16H,9H2,1-4H3. The molecule has 0 saturated carbocycles. The van der Waals surface area contributed by atoms with E-state index < -0.39 is 0 Å². The highest BCUT2D eigenvalue weighted by atomic mass is 16.3. The van der Waals surface area contributed by atoms with Crippen molar-refractivity contribution in [3.05, 3.63) is 30.2 Å². The lowest BCUT2D eigenvalue weighted by Gasteiger charge is -2.25. The molecule has 18 heavy (non-hydrogen) atoms. The van der Waals surface area contributed by atoms with Crippen molar-refractivity contribution < 1.29 is 4.42 Å². The number of aromatic nitrogens is 1. The predicted octanol–water partition coefficient (Wildman–Crippen LogP) is 3.25. The molecule has 2 aromatic rings. The maximum Gasteiger partial charge on any atom is 0.197 e. The fraction of sp³-hybridized carbons (Fsp3) is 0.533. The number of nitrogens with zero attached hydrogens (tertiary/aromatic N) is 1. The number of hydrogen-bond donors (Lipinski definition) is 1. The summed E-state index contributed by atoms with van der Waals surface area (Å²) in [6.07, 6.45) is 0.838. The zero-order valence-corrected chi connectivity index (χ0v) is 11.6. The second kappa shape index (κ2) is 5.53. The summed E-state index contributed by atoms with van der Waals surface area (Å²) < 4.78 is 5.78. The Morgan fingerprint density at radius 1 is 1.22 bits per heavy atom. The normalized spacial score (nSPS) is 15.2. The van der Waals surface area contributed by atoms with Gasteiger partial charge in [0.05, 0.1) is 0 Å². The lowest BCUT2D eigenvalue weighted by Crippen LogP contribution is -2.36. The summed E-state index contributed by atoms with van der Waals surface area (Å²) in [7, 11) is 2.01. The number of rotatable bonds is 5. The van der Waals surface area contributed by atoms with Crippen molar-refractivity contribution >= 4 is 11.1 Å². The zero-order valence-electron chi connectivity index (χ0n) is 11.6. The van der Waals surface area contributed by atoms with Crippen LogP contribution in [0.2, 0.25) is 0 Å². The number of hydrogen-bond acceptors (Lipinski definition) is 3. The topological polar surface area (TPSA) is 38.1 Å². The molecule has 0 fully saturated rings. The quantitative estimate of drug-likeness (QED) is 0.880. The molecule has 0 saturated heterocycles. The summed E-state index contributed by atoms with van der Waals surface area (Å²) in [4.78, 5) is 4.54. The highest BCUT2D eigenvalue weighted by molar-refractivity contribution is 5.72. The van der Waals surface area contributed by atoms with Gasteiger partial charge in [-0.1, -0.05) is 32.9 Å². The SMILES string of the molecule is CNC(Cc1nc2ccccc2o1)C(C)C(C)C. The van der Waals surface area contributed by atoms with Crippen molar-refractivity contribution in [1.29, 1.82) is 0 Å². The first-order chi connectivity index (χ1) is 8.61. The highest BCUT2D eigenvalue weighted by Crippen LogP contribution is 2.20. The summed E-state index contributed by atoms with van der Waals surface area (Å²) in [5, 5.41) is 3.38. The molecule has 3 heteroatoms. The van der Waals surface area contributed by atoms with E-state index in [0.717, 1.165) is 23.4 Å². The molecule has 0 aliphatic rings. The Kier molecular flexibility index (Phi) is 4.02. The zero-order chi connectivity index (χ0) is 13.1. The van der Waals surface area contributed by atoms with Crippen LogP contribution in [0.4, 0.5) is 0 Å². The summed E-state index contributed by atoms with van der Waals surface area (Å²) in [6, 6.07) is 8.32. The van der Waals surface area contributed by atoms with E-state index in [-0.39, 0.29) is 0 Å². The van der Waals surface area contributed by atoms with Crippen LogP contribution in [-0.2, 0) is 6.42 Å². The van der Waals surface area contributed by atoms with Crippen LogP contribution in [0, 0.1) is 11.8 Å². The molecular weight excluding hydrogens is 224 g/mol. The van der Waals surface area contributed by atoms with E-state index in [9.17, 15) is 0 Å². The molecule has 1 aromatic heterocycles. The Bertz CT molecular complexity index is 471. The lowest BCUT2D eigenvalue weighted by atomic mass is 9.88. The van der Waals surface area contributed by atoms with Crippen LogP contribution in [0.25, 0.3) is 11.1 Å². The first-order valence-electron chi connectivity index (χ1n) is 6.63. The van der Waals surface area contributed by atoms with Gasteiger partial charge in [0.15, 0.2) is 11.5 Å². The van der Waals surface area contributed by atoms with Gasteiger partial charge in [0.2, 0.25) is 0 Å². The molecular formula is C15H22N2O. The number of benzene rings is 1. The van der Waals surface area contributed by atoms with Crippen LogP contribution in [0.3, 0.4) is 0 Å². The molecule has 98 valence electrons. The van der Waals surface area contributed by atoms with E-state index >= 15 is 0 Å². The number of nitrogens with one attached hydrogen (secondary N) is 1. The van der Waals surface area contributed by atoms with Crippen molar-refractivity contribution in [2.24, 2.45) is 11.8 Å². The molecule has 2 atom stereocenters. The van der Waals surface area contributed by atoms with E-state index in [1.807, 2.05) is 31.3 Å². The second-order valence-corrected chi connectivity index (χ2v) is 5.28. The van der Waals surface area contributed by atoms with Crippen LogP contribution in [0.5, 0.6) is 0 Å². The van der Waals surface area contributed by atoms with Gasteiger partial charge in [-0.3, -0.25) is 0 Å². The third-order valence-electron chi connectivity index (χ3n) is 3.79. The summed E-state index contributed by atoms with van der Waals surface area (Å²) in [6.45, 7) is 6.77. The minimum Gasteiger partial charge on any atom is -0.441 e. The largest absolute Gasteiger partial charge is 0.441 e. The molecule has 0 bridgehead atoms. The Morgan fingerprint density at radius 3 is 2.56 bits per heavy atom. The van der Waals surface area contributed by atoms with Crippen molar-refractivity contribution in [3.63, 3.8) is 0 Å². The van der Waals surface area contributed by atoms with Gasteiger partial charge in [-0.25, -0.2) is 4.98 Å². The molecule has 1 N–H and O–H groups in total. The first-order valence-corrected chi connectivity index (χ1v) is 6.63. The monoisotopic (exact) mass is 246 g/mol. The van der Waals surface area contributed by atoms with Crippen molar-refractivity contribution in [3.8, 4) is 0 Å². The molecule has 2 unspecified atom stereocenters. The molecule has 0 aliphatic carbocycles. The lowest BCUT2D eigenvalue weighted by molar-refractivity contribution is 0.296. The number of fused-ring (bicyclic) bond motifs is 1. The smallest absolute Gasteiger partial charge is 0.197 e. The van der Waals surface area contributed by atoms with E-state index in [1.165, 1.54) is 0 Å². The Labute approximate surface area is 109 Å². The average Bonchev–Trinajstić information content (AvgIpc) is 2.77. The third kappa shape index (κ3) is 2.72. The van der Waals surface area contributed by atoms with Gasteiger partial charge in [-0.2, -0.15) is 0 Å². The van der Waals surface area contributed by atoms with E-state index in [2.05, 4.69) is 31.1 Å². The molecule has 1 aromatic carbocycles. The fourth-order valence-corrected chi connectivity index (χ4v) is 2.21. The summed E-state index contributed by atoms with van der Waals surface area (Å²) in [5.74, 6) is 2.06. The van der Waals surface area contributed by atoms with Gasteiger partial charge < -0.3 is 9.73 Å². The number of oxazole rings is 1. The van der Waals surface area contributed by atoms with Crippen molar-refractivity contribution in [2.75, 3.05) is 7.05 Å². The van der Waals surface area contributed by atoms with Crippen LogP contribution in [0.1, 0.15) is 26.7 Å². The van der Waals surface area contributed by atoms with Gasteiger partial charge >= 0.3 is 0 Å². The molecule has 2 rings (SSSR count). The van der Waals surface area contributed by atoms with E-state index in [0.29, 0.717) is 17.9 Å². The first kappa shape index (κ1) is 13.1. The van der Waals surface area contributed by atoms with Gasteiger partial charge in [0.1, 0.15) is 5.52 Å². The summed E-state index contributed by atoms with van der Waals surface area (Å²) >= 11 is 0. The molecule has 0 spiro atoms. The molecule has 0 aliphatic heterocycles. The number of likely N-dealkylation sites (N-methyl/N-ethyl adjacent to an activating group) is 1. The maximum absolute atomic E-state index is 5.78. The third-order valence-corrected chi connectivity index (χ3v) is 3.79. The minimum atomic E-state index is 0.401. The Hall–Kier alpha value is -1.35.